The Morgan fingerprint density at radius 3 is 2.42 bits per heavy atom. The highest BCUT2D eigenvalue weighted by Gasteiger charge is 2.30. The van der Waals surface area contributed by atoms with Gasteiger partial charge in [0.1, 0.15) is 5.75 Å². The van der Waals surface area contributed by atoms with Gasteiger partial charge in [0.15, 0.2) is 0 Å². The first-order valence-corrected chi connectivity index (χ1v) is 9.12. The maximum atomic E-state index is 12.9. The zero-order valence-electron chi connectivity index (χ0n) is 15.5. The summed E-state index contributed by atoms with van der Waals surface area (Å²) in [5.41, 5.74) is 4.13. The number of ether oxygens (including phenoxy) is 1. The smallest absolute Gasteiger partial charge is 0.258 e. The third kappa shape index (κ3) is 2.64. The fraction of sp³-hybridized carbons (Fsp3) is 0.261. The number of hydrogen-bond donors (Lipinski definition) is 0. The number of nitrogens with zero attached hydrogens (tertiary/aromatic N) is 1. The van der Waals surface area contributed by atoms with Crippen molar-refractivity contribution in [2.45, 2.75) is 20.3 Å². The van der Waals surface area contributed by atoms with Crippen LogP contribution in [0.2, 0.25) is 0 Å². The van der Waals surface area contributed by atoms with E-state index in [9.17, 15) is 4.79 Å². The Bertz CT molecular complexity index is 973. The summed E-state index contributed by atoms with van der Waals surface area (Å²) in [5.74, 6) is 1.54. The number of carbonyl (C=O) groups excluding carboxylic acids is 1. The van der Waals surface area contributed by atoms with Crippen LogP contribution in [0.5, 0.6) is 5.75 Å². The van der Waals surface area contributed by atoms with Gasteiger partial charge in [0.05, 0.1) is 12.8 Å². The van der Waals surface area contributed by atoms with E-state index in [-0.39, 0.29) is 5.91 Å². The summed E-state index contributed by atoms with van der Waals surface area (Å²) in [6, 6.07) is 18.3. The Kier molecular flexibility index (Phi) is 4.15. The Morgan fingerprint density at radius 1 is 0.962 bits per heavy atom. The second-order valence-corrected chi connectivity index (χ2v) is 7.23. The Labute approximate surface area is 154 Å². The van der Waals surface area contributed by atoms with Crippen LogP contribution in [0.4, 0.5) is 5.69 Å². The van der Waals surface area contributed by atoms with Crippen molar-refractivity contribution in [2.75, 3.05) is 18.6 Å². The molecule has 3 heteroatoms. The molecule has 0 aliphatic carbocycles. The van der Waals surface area contributed by atoms with Gasteiger partial charge in [-0.3, -0.25) is 4.79 Å². The van der Waals surface area contributed by atoms with Crippen molar-refractivity contribution in [3.8, 4) is 16.9 Å². The van der Waals surface area contributed by atoms with E-state index < -0.39 is 0 Å². The van der Waals surface area contributed by atoms with Crippen LogP contribution in [-0.2, 0) is 0 Å². The highest BCUT2D eigenvalue weighted by molar-refractivity contribution is 6.26. The van der Waals surface area contributed by atoms with E-state index in [4.69, 9.17) is 4.74 Å². The molecule has 132 valence electrons. The monoisotopic (exact) mass is 345 g/mol. The second kappa shape index (κ2) is 6.49. The second-order valence-electron chi connectivity index (χ2n) is 7.23. The van der Waals surface area contributed by atoms with Gasteiger partial charge in [-0.25, -0.2) is 0 Å². The molecular formula is C23H23NO2. The van der Waals surface area contributed by atoms with Gasteiger partial charge in [0, 0.05) is 17.5 Å². The largest absolute Gasteiger partial charge is 0.497 e. The topological polar surface area (TPSA) is 29.5 Å². The molecule has 0 radical (unpaired) electrons. The quantitative estimate of drug-likeness (QED) is 0.609. The summed E-state index contributed by atoms with van der Waals surface area (Å²) < 4.78 is 5.26. The van der Waals surface area contributed by atoms with Crippen LogP contribution >= 0.6 is 0 Å². The molecule has 0 N–H and O–H groups in total. The van der Waals surface area contributed by atoms with Crippen molar-refractivity contribution < 1.29 is 9.53 Å². The van der Waals surface area contributed by atoms with E-state index in [0.717, 1.165) is 51.9 Å². The minimum Gasteiger partial charge on any atom is -0.497 e. The van der Waals surface area contributed by atoms with Crippen LogP contribution in [0.15, 0.2) is 54.6 Å². The van der Waals surface area contributed by atoms with Crippen LogP contribution in [0.1, 0.15) is 30.6 Å². The molecule has 3 nitrogen and oxygen atoms in total. The standard InChI is InChI=1S/C23H23NO2/c1-15(2)13-14-24-21-12-11-18(16-7-9-17(26-3)10-8-16)19-5-4-6-20(22(19)21)23(24)25/h4-12,15H,13-14H2,1-3H3. The minimum atomic E-state index is 0.123. The lowest BCUT2D eigenvalue weighted by atomic mass is 9.96. The minimum absolute atomic E-state index is 0.123. The maximum Gasteiger partial charge on any atom is 0.258 e. The van der Waals surface area contributed by atoms with E-state index in [1.165, 1.54) is 0 Å². The molecule has 0 saturated heterocycles. The molecule has 26 heavy (non-hydrogen) atoms. The van der Waals surface area contributed by atoms with Crippen molar-refractivity contribution in [2.24, 2.45) is 5.92 Å². The molecule has 1 aliphatic heterocycles. The van der Waals surface area contributed by atoms with Crippen molar-refractivity contribution >= 4 is 22.4 Å². The van der Waals surface area contributed by atoms with Crippen LogP contribution in [0.3, 0.4) is 0 Å². The van der Waals surface area contributed by atoms with Crippen LogP contribution in [0, 0.1) is 5.92 Å². The lowest BCUT2D eigenvalue weighted by molar-refractivity contribution is 0.0992. The number of amides is 1. The van der Waals surface area contributed by atoms with Gasteiger partial charge < -0.3 is 9.64 Å². The molecule has 0 unspecified atom stereocenters. The van der Waals surface area contributed by atoms with Crippen molar-refractivity contribution in [1.29, 1.82) is 0 Å². The summed E-state index contributed by atoms with van der Waals surface area (Å²) in [7, 11) is 1.67. The summed E-state index contributed by atoms with van der Waals surface area (Å²) in [5, 5.41) is 2.21. The van der Waals surface area contributed by atoms with Crippen LogP contribution in [-0.4, -0.2) is 19.6 Å². The van der Waals surface area contributed by atoms with Gasteiger partial charge in [0.25, 0.3) is 5.91 Å². The van der Waals surface area contributed by atoms with Crippen molar-refractivity contribution in [1.82, 2.24) is 0 Å². The summed E-state index contributed by atoms with van der Waals surface area (Å²) >= 11 is 0. The zero-order valence-corrected chi connectivity index (χ0v) is 15.5. The third-order valence-electron chi connectivity index (χ3n) is 5.12. The number of rotatable bonds is 5. The molecule has 4 rings (SSSR count). The van der Waals surface area contributed by atoms with Gasteiger partial charge in [-0.05, 0) is 53.1 Å². The van der Waals surface area contributed by atoms with Crippen molar-refractivity contribution in [3.05, 3.63) is 60.2 Å². The summed E-state index contributed by atoms with van der Waals surface area (Å²) in [6.45, 7) is 5.15. The first-order chi connectivity index (χ1) is 12.6. The fourth-order valence-corrected chi connectivity index (χ4v) is 3.68. The zero-order chi connectivity index (χ0) is 18.3. The van der Waals surface area contributed by atoms with Crippen LogP contribution in [0.25, 0.3) is 21.9 Å². The Hall–Kier alpha value is -2.81. The lowest BCUT2D eigenvalue weighted by Gasteiger charge is -2.19. The van der Waals surface area contributed by atoms with Gasteiger partial charge in [-0.2, -0.15) is 0 Å². The maximum absolute atomic E-state index is 12.9. The molecule has 3 aromatic rings. The lowest BCUT2D eigenvalue weighted by Crippen LogP contribution is -2.28. The number of carbonyl (C=O) groups is 1. The van der Waals surface area contributed by atoms with Gasteiger partial charge in [0.2, 0.25) is 0 Å². The number of anilines is 1. The van der Waals surface area contributed by atoms with E-state index in [1.807, 2.05) is 29.2 Å². The van der Waals surface area contributed by atoms with E-state index >= 15 is 0 Å². The first-order valence-electron chi connectivity index (χ1n) is 9.12. The molecule has 0 fully saturated rings. The predicted molar refractivity (Wildman–Crippen MR) is 107 cm³/mol. The summed E-state index contributed by atoms with van der Waals surface area (Å²) in [6.07, 6.45) is 1.00. The molecule has 0 saturated carbocycles. The third-order valence-corrected chi connectivity index (χ3v) is 5.12. The number of methoxy groups -OCH3 is 1. The van der Waals surface area contributed by atoms with E-state index in [1.54, 1.807) is 7.11 Å². The molecule has 0 atom stereocenters. The molecule has 0 aromatic heterocycles. The average molecular weight is 345 g/mol. The molecule has 1 aliphatic rings. The van der Waals surface area contributed by atoms with Crippen LogP contribution < -0.4 is 9.64 Å². The van der Waals surface area contributed by atoms with Gasteiger partial charge in [-0.1, -0.05) is 44.2 Å². The molecule has 1 heterocycles. The highest BCUT2D eigenvalue weighted by atomic mass is 16.5. The Morgan fingerprint density at radius 2 is 1.73 bits per heavy atom. The first kappa shape index (κ1) is 16.6. The van der Waals surface area contributed by atoms with Gasteiger partial charge >= 0.3 is 0 Å². The van der Waals surface area contributed by atoms with E-state index in [0.29, 0.717) is 5.92 Å². The number of benzene rings is 3. The SMILES string of the molecule is COc1ccc(-c2ccc3c4c(cccc24)C(=O)N3CCC(C)C)cc1. The highest BCUT2D eigenvalue weighted by Crippen LogP contribution is 2.42. The summed E-state index contributed by atoms with van der Waals surface area (Å²) in [4.78, 5) is 14.9. The molecule has 0 spiro atoms. The fourth-order valence-electron chi connectivity index (χ4n) is 3.68. The molecular weight excluding hydrogens is 322 g/mol. The normalized spacial score (nSPS) is 13.1. The molecule has 3 aromatic carbocycles. The number of hydrogen-bond acceptors (Lipinski definition) is 2. The van der Waals surface area contributed by atoms with E-state index in [2.05, 4.69) is 44.2 Å². The van der Waals surface area contributed by atoms with Gasteiger partial charge in [-0.15, -0.1) is 0 Å². The van der Waals surface area contributed by atoms with Crippen molar-refractivity contribution in [3.63, 3.8) is 0 Å². The molecule has 0 bridgehead atoms. The predicted octanol–water partition coefficient (Wildman–Crippen LogP) is 5.52. The molecule has 1 amide bonds. The Balaban J connectivity index is 1.84. The average Bonchev–Trinajstić information content (AvgIpc) is 2.94.